The number of nitrogens with zero attached hydrogens (tertiary/aromatic N) is 8. The van der Waals surface area contributed by atoms with Crippen LogP contribution < -0.4 is 10.6 Å². The van der Waals surface area contributed by atoms with E-state index in [9.17, 15) is 4.79 Å². The first-order valence-corrected chi connectivity index (χ1v) is 10.6. The molecule has 0 saturated heterocycles. The van der Waals surface area contributed by atoms with Crippen molar-refractivity contribution in [1.82, 2.24) is 29.9 Å². The van der Waals surface area contributed by atoms with E-state index in [1.54, 1.807) is 29.2 Å². The minimum absolute atomic E-state index is 0.295. The summed E-state index contributed by atoms with van der Waals surface area (Å²) in [6.45, 7) is 2.88. The summed E-state index contributed by atoms with van der Waals surface area (Å²) < 4.78 is 1.66. The third kappa shape index (κ3) is 5.47. The van der Waals surface area contributed by atoms with E-state index >= 15 is 0 Å². The van der Waals surface area contributed by atoms with Crippen molar-refractivity contribution < 1.29 is 4.79 Å². The fraction of sp³-hybridized carbons (Fsp3) is 0.158. The van der Waals surface area contributed by atoms with Gasteiger partial charge in [-0.05, 0) is 18.6 Å². The average Bonchev–Trinajstić information content (AvgIpc) is 3.46. The lowest BCUT2D eigenvalue weighted by atomic mass is 10.2. The van der Waals surface area contributed by atoms with Gasteiger partial charge in [-0.2, -0.15) is 5.11 Å². The molecule has 0 radical (unpaired) electrons. The number of benzene rings is 1. The van der Waals surface area contributed by atoms with Crippen molar-refractivity contribution in [3.63, 3.8) is 0 Å². The summed E-state index contributed by atoms with van der Waals surface area (Å²) in [6.07, 6.45) is 6.21. The minimum Gasteiger partial charge on any atom is -0.320 e. The van der Waals surface area contributed by atoms with Crippen molar-refractivity contribution in [2.45, 2.75) is 13.5 Å². The van der Waals surface area contributed by atoms with Gasteiger partial charge < -0.3 is 10.6 Å². The van der Waals surface area contributed by atoms with E-state index in [2.05, 4.69) is 46.1 Å². The van der Waals surface area contributed by atoms with E-state index in [1.165, 1.54) is 23.9 Å². The minimum atomic E-state index is -0.295. The van der Waals surface area contributed by atoms with E-state index < -0.39 is 0 Å². The molecule has 0 aliphatic carbocycles. The van der Waals surface area contributed by atoms with Crippen molar-refractivity contribution in [2.75, 3.05) is 17.2 Å². The Morgan fingerprint density at radius 3 is 3.00 bits per heavy atom. The topological polar surface area (TPSA) is 135 Å². The molecule has 0 spiro atoms. The zero-order chi connectivity index (χ0) is 22.3. The van der Waals surface area contributed by atoms with Gasteiger partial charge in [-0.15, -0.1) is 10.2 Å². The summed E-state index contributed by atoms with van der Waals surface area (Å²) in [4.78, 5) is 25.5. The van der Waals surface area contributed by atoms with E-state index in [0.717, 1.165) is 5.56 Å². The molecule has 3 heterocycles. The lowest BCUT2D eigenvalue weighted by molar-refractivity contribution is 0.103. The number of hydrogen-bond donors (Lipinski definition) is 2. The van der Waals surface area contributed by atoms with Gasteiger partial charge in [0.25, 0.3) is 5.91 Å². The highest BCUT2D eigenvalue weighted by molar-refractivity contribution is 7.17. The van der Waals surface area contributed by atoms with Crippen molar-refractivity contribution in [2.24, 2.45) is 10.2 Å². The second-order valence-corrected chi connectivity index (χ2v) is 7.87. The quantitative estimate of drug-likeness (QED) is 0.368. The van der Waals surface area contributed by atoms with Crippen LogP contribution >= 0.6 is 22.9 Å². The molecule has 162 valence electrons. The van der Waals surface area contributed by atoms with Crippen LogP contribution in [0.1, 0.15) is 15.2 Å². The molecule has 0 fully saturated rings. The van der Waals surface area contributed by atoms with Crippen molar-refractivity contribution in [3.05, 3.63) is 64.6 Å². The number of azo groups is 1. The molecule has 0 aliphatic rings. The number of aryl methyl sites for hydroxylation is 1. The third-order valence-electron chi connectivity index (χ3n) is 4.15. The number of halogens is 1. The summed E-state index contributed by atoms with van der Waals surface area (Å²) in [5.74, 6) is 0.578. The van der Waals surface area contributed by atoms with Gasteiger partial charge in [0, 0.05) is 12.3 Å². The Bertz CT molecular complexity index is 1220. The summed E-state index contributed by atoms with van der Waals surface area (Å²) >= 11 is 7.37. The van der Waals surface area contributed by atoms with Crippen LogP contribution in [0.5, 0.6) is 0 Å². The highest BCUT2D eigenvalue weighted by Gasteiger charge is 2.14. The molecule has 0 atom stereocenters. The normalized spacial score (nSPS) is 11.1. The first-order chi connectivity index (χ1) is 15.6. The SMILES string of the molecule is Cc1cccc(Cl)c1NC(=O)c1cnc(Nc2cc(N=NCCn3ccnn3)ncn2)s1. The van der Waals surface area contributed by atoms with Crippen molar-refractivity contribution >= 4 is 51.3 Å². The number of para-hydroxylation sites is 1. The smallest absolute Gasteiger partial charge is 0.267 e. The van der Waals surface area contributed by atoms with Crippen LogP contribution in [0.15, 0.2) is 59.4 Å². The van der Waals surface area contributed by atoms with Crippen LogP contribution in [-0.4, -0.2) is 42.4 Å². The average molecular weight is 469 g/mol. The molecule has 11 nitrogen and oxygen atoms in total. The number of rotatable bonds is 8. The standard InChI is InChI=1S/C19H17ClN10OS/c1-12-3-2-4-13(20)17(12)27-18(31)14-10-21-19(32-14)26-15-9-16(23-11-22-15)28-24-5-7-30-8-6-25-29-30/h2-4,6,8-11H,5,7H2,1H3,(H,27,31)(H,21,22,23,26). The van der Waals surface area contributed by atoms with Crippen LogP contribution in [0.3, 0.4) is 0 Å². The molecule has 2 N–H and O–H groups in total. The maximum atomic E-state index is 12.6. The van der Waals surface area contributed by atoms with Gasteiger partial charge in [0.1, 0.15) is 17.0 Å². The Balaban J connectivity index is 1.37. The van der Waals surface area contributed by atoms with E-state index in [-0.39, 0.29) is 5.91 Å². The Kier molecular flexibility index (Phi) is 6.72. The fourth-order valence-corrected chi connectivity index (χ4v) is 3.59. The summed E-state index contributed by atoms with van der Waals surface area (Å²) in [5, 5.41) is 22.6. The lowest BCUT2D eigenvalue weighted by Gasteiger charge is -2.08. The summed E-state index contributed by atoms with van der Waals surface area (Å²) in [6, 6.07) is 7.06. The van der Waals surface area contributed by atoms with Gasteiger partial charge in [0.15, 0.2) is 10.9 Å². The number of carbonyl (C=O) groups excluding carboxylic acids is 1. The van der Waals surface area contributed by atoms with Gasteiger partial charge in [-0.25, -0.2) is 15.0 Å². The Morgan fingerprint density at radius 2 is 2.19 bits per heavy atom. The Hall–Kier alpha value is -3.77. The lowest BCUT2D eigenvalue weighted by Crippen LogP contribution is -2.11. The number of carbonyl (C=O) groups is 1. The largest absolute Gasteiger partial charge is 0.320 e. The predicted octanol–water partition coefficient (Wildman–Crippen LogP) is 4.27. The van der Waals surface area contributed by atoms with Gasteiger partial charge >= 0.3 is 0 Å². The zero-order valence-electron chi connectivity index (χ0n) is 16.8. The number of hydrogen-bond acceptors (Lipinski definition) is 10. The number of amides is 1. The number of thiazole rings is 1. The zero-order valence-corrected chi connectivity index (χ0v) is 18.4. The molecule has 4 aromatic rings. The van der Waals surface area contributed by atoms with E-state index in [0.29, 0.717) is 45.4 Å². The van der Waals surface area contributed by atoms with Crippen molar-refractivity contribution in [3.8, 4) is 0 Å². The van der Waals surface area contributed by atoms with Crippen molar-refractivity contribution in [1.29, 1.82) is 0 Å². The molecule has 0 unspecified atom stereocenters. The maximum Gasteiger partial charge on any atom is 0.267 e. The Labute approximate surface area is 191 Å². The van der Waals surface area contributed by atoms with Crippen LogP contribution in [0.25, 0.3) is 0 Å². The number of aromatic nitrogens is 6. The molecule has 13 heteroatoms. The monoisotopic (exact) mass is 468 g/mol. The second-order valence-electron chi connectivity index (χ2n) is 6.43. The summed E-state index contributed by atoms with van der Waals surface area (Å²) in [5.41, 5.74) is 1.45. The molecule has 1 amide bonds. The van der Waals surface area contributed by atoms with Gasteiger partial charge in [-0.1, -0.05) is 40.3 Å². The highest BCUT2D eigenvalue weighted by Crippen LogP contribution is 2.28. The maximum absolute atomic E-state index is 12.6. The Morgan fingerprint density at radius 1 is 1.28 bits per heavy atom. The fourth-order valence-electron chi connectivity index (χ4n) is 2.60. The first-order valence-electron chi connectivity index (χ1n) is 9.41. The summed E-state index contributed by atoms with van der Waals surface area (Å²) in [7, 11) is 0. The third-order valence-corrected chi connectivity index (χ3v) is 5.38. The predicted molar refractivity (Wildman–Crippen MR) is 121 cm³/mol. The van der Waals surface area contributed by atoms with Crippen LogP contribution in [0.4, 0.5) is 22.5 Å². The molecule has 4 rings (SSSR count). The van der Waals surface area contributed by atoms with E-state index in [4.69, 9.17) is 11.6 Å². The van der Waals surface area contributed by atoms with Gasteiger partial charge in [0.2, 0.25) is 0 Å². The second kappa shape index (κ2) is 10.0. The number of nitrogens with one attached hydrogen (secondary N) is 2. The molecule has 0 aliphatic heterocycles. The van der Waals surface area contributed by atoms with Gasteiger partial charge in [-0.3, -0.25) is 9.48 Å². The van der Waals surface area contributed by atoms with Crippen LogP contribution in [0.2, 0.25) is 5.02 Å². The molecular weight excluding hydrogens is 452 g/mol. The molecule has 32 heavy (non-hydrogen) atoms. The molecule has 3 aromatic heterocycles. The number of anilines is 3. The highest BCUT2D eigenvalue weighted by atomic mass is 35.5. The molecule has 0 bridgehead atoms. The van der Waals surface area contributed by atoms with Crippen LogP contribution in [0, 0.1) is 6.92 Å². The first kappa shape index (κ1) is 21.5. The van der Waals surface area contributed by atoms with Crippen LogP contribution in [-0.2, 0) is 6.54 Å². The van der Waals surface area contributed by atoms with Gasteiger partial charge in [0.05, 0.1) is 36.2 Å². The molecule has 1 aromatic carbocycles. The van der Waals surface area contributed by atoms with E-state index in [1.807, 2.05) is 19.1 Å². The molecular formula is C19H17ClN10OS. The molecule has 0 saturated carbocycles.